The van der Waals surface area contributed by atoms with Gasteiger partial charge in [-0.25, -0.2) is 0 Å². The minimum atomic E-state index is 0.133. The Morgan fingerprint density at radius 2 is 1.90 bits per heavy atom. The van der Waals surface area contributed by atoms with Crippen LogP contribution in [0.1, 0.15) is 24.5 Å². The molecule has 114 valence electrons. The number of hydrogen-bond acceptors (Lipinski definition) is 3. The molecule has 4 nitrogen and oxygen atoms in total. The van der Waals surface area contributed by atoms with E-state index in [9.17, 15) is 4.79 Å². The monoisotopic (exact) mass is 287 g/mol. The molecule has 0 heterocycles. The first-order valence-corrected chi connectivity index (χ1v) is 7.27. The third-order valence-electron chi connectivity index (χ3n) is 3.09. The van der Waals surface area contributed by atoms with E-state index < -0.39 is 0 Å². The molecule has 0 spiro atoms. The summed E-state index contributed by atoms with van der Waals surface area (Å²) in [6, 6.07) is 8.11. The van der Waals surface area contributed by atoms with Gasteiger partial charge in [0.15, 0.2) is 0 Å². The zero-order valence-electron chi connectivity index (χ0n) is 13.2. The minimum absolute atomic E-state index is 0.133. The number of nitrogens with two attached hydrogens (primary N) is 1. The van der Waals surface area contributed by atoms with Gasteiger partial charge in [-0.15, -0.1) is 0 Å². The summed E-state index contributed by atoms with van der Waals surface area (Å²) < 4.78 is 0. The number of carbonyl (C=O) groups is 1. The quantitative estimate of drug-likeness (QED) is 0.802. The van der Waals surface area contributed by atoms with E-state index >= 15 is 0 Å². The van der Waals surface area contributed by atoms with Crippen molar-refractivity contribution in [2.24, 2.45) is 5.73 Å². The average molecular weight is 287 g/mol. The summed E-state index contributed by atoms with van der Waals surface area (Å²) >= 11 is 0. The Bertz CT molecular complexity index is 497. The molecule has 0 aliphatic heterocycles. The van der Waals surface area contributed by atoms with Gasteiger partial charge < -0.3 is 10.6 Å². The summed E-state index contributed by atoms with van der Waals surface area (Å²) in [6.07, 6.45) is 1.03. The lowest BCUT2D eigenvalue weighted by atomic mass is 10.1. The second kappa shape index (κ2) is 9.17. The summed E-state index contributed by atoms with van der Waals surface area (Å²) in [5, 5.41) is 0. The standard InChI is InChI=1S/C17H25N3O/c1-4-12-20(14-17(21)19(2)3)13-16-9-7-15(8-10-16)6-5-11-18/h7-10H,4,11-14,18H2,1-3H3. The molecule has 0 aliphatic carbocycles. The number of rotatable bonds is 6. The topological polar surface area (TPSA) is 49.6 Å². The van der Waals surface area contributed by atoms with Crippen LogP contribution in [0.25, 0.3) is 0 Å². The van der Waals surface area contributed by atoms with Crippen molar-refractivity contribution in [1.29, 1.82) is 0 Å². The molecule has 1 rings (SSSR count). The molecule has 1 amide bonds. The van der Waals surface area contributed by atoms with Crippen LogP contribution in [0.4, 0.5) is 0 Å². The van der Waals surface area contributed by atoms with Gasteiger partial charge in [0.1, 0.15) is 0 Å². The van der Waals surface area contributed by atoms with Crippen LogP contribution in [0.2, 0.25) is 0 Å². The van der Waals surface area contributed by atoms with Gasteiger partial charge >= 0.3 is 0 Å². The lowest BCUT2D eigenvalue weighted by Gasteiger charge is -2.23. The summed E-state index contributed by atoms with van der Waals surface area (Å²) in [7, 11) is 3.58. The van der Waals surface area contributed by atoms with Gasteiger partial charge in [-0.05, 0) is 30.7 Å². The highest BCUT2D eigenvalue weighted by Gasteiger charge is 2.11. The maximum Gasteiger partial charge on any atom is 0.236 e. The Labute approximate surface area is 127 Å². The van der Waals surface area contributed by atoms with E-state index in [4.69, 9.17) is 5.73 Å². The van der Waals surface area contributed by atoms with Gasteiger partial charge in [0, 0.05) is 26.2 Å². The molecular weight excluding hydrogens is 262 g/mol. The molecule has 0 atom stereocenters. The fourth-order valence-corrected chi connectivity index (χ4v) is 1.97. The van der Waals surface area contributed by atoms with Crippen LogP contribution in [-0.2, 0) is 11.3 Å². The molecular formula is C17H25N3O. The van der Waals surface area contributed by atoms with E-state index in [1.165, 1.54) is 5.56 Å². The molecule has 2 N–H and O–H groups in total. The summed E-state index contributed by atoms with van der Waals surface area (Å²) in [4.78, 5) is 15.6. The zero-order valence-corrected chi connectivity index (χ0v) is 13.2. The summed E-state index contributed by atoms with van der Waals surface area (Å²) in [5.74, 6) is 5.98. The predicted octanol–water partition coefficient (Wildman–Crippen LogP) is 1.30. The van der Waals surface area contributed by atoms with Crippen LogP contribution in [0.15, 0.2) is 24.3 Å². The fraction of sp³-hybridized carbons (Fsp3) is 0.471. The van der Waals surface area contributed by atoms with Crippen molar-refractivity contribution in [3.05, 3.63) is 35.4 Å². The number of likely N-dealkylation sites (N-methyl/N-ethyl adjacent to an activating group) is 1. The molecule has 1 aromatic carbocycles. The van der Waals surface area contributed by atoms with Gasteiger partial charge in [0.05, 0.1) is 13.1 Å². The summed E-state index contributed by atoms with van der Waals surface area (Å²) in [5.41, 5.74) is 7.52. The average Bonchev–Trinajstić information content (AvgIpc) is 2.46. The lowest BCUT2D eigenvalue weighted by molar-refractivity contribution is -0.130. The van der Waals surface area contributed by atoms with Crippen LogP contribution in [0.5, 0.6) is 0 Å². The maximum atomic E-state index is 11.8. The molecule has 21 heavy (non-hydrogen) atoms. The van der Waals surface area contributed by atoms with Gasteiger partial charge in [-0.2, -0.15) is 0 Å². The molecule has 0 unspecified atom stereocenters. The van der Waals surface area contributed by atoms with Gasteiger partial charge in [-0.1, -0.05) is 30.9 Å². The van der Waals surface area contributed by atoms with E-state index in [0.717, 1.165) is 25.1 Å². The van der Waals surface area contributed by atoms with E-state index in [1.54, 1.807) is 19.0 Å². The molecule has 1 aromatic rings. The van der Waals surface area contributed by atoms with E-state index in [0.29, 0.717) is 13.1 Å². The maximum absolute atomic E-state index is 11.8. The fourth-order valence-electron chi connectivity index (χ4n) is 1.97. The van der Waals surface area contributed by atoms with Gasteiger partial charge in [-0.3, -0.25) is 9.69 Å². The second-order valence-electron chi connectivity index (χ2n) is 5.20. The van der Waals surface area contributed by atoms with Crippen molar-refractivity contribution in [1.82, 2.24) is 9.80 Å². The molecule has 0 fully saturated rings. The smallest absolute Gasteiger partial charge is 0.236 e. The molecule has 0 aliphatic rings. The minimum Gasteiger partial charge on any atom is -0.348 e. The van der Waals surface area contributed by atoms with Gasteiger partial charge in [0.25, 0.3) is 0 Å². The number of amides is 1. The van der Waals surface area contributed by atoms with Crippen molar-refractivity contribution in [3.8, 4) is 11.8 Å². The Balaban J connectivity index is 2.68. The molecule has 4 heteroatoms. The highest BCUT2D eigenvalue weighted by atomic mass is 16.2. The second-order valence-corrected chi connectivity index (χ2v) is 5.20. The normalized spacial score (nSPS) is 10.1. The number of nitrogens with zero attached hydrogens (tertiary/aromatic N) is 2. The Hall–Kier alpha value is -1.83. The first kappa shape index (κ1) is 17.2. The molecule has 0 aromatic heterocycles. The molecule has 0 radical (unpaired) electrons. The first-order chi connectivity index (χ1) is 10.1. The van der Waals surface area contributed by atoms with E-state index in [1.807, 2.05) is 12.1 Å². The number of carbonyl (C=O) groups excluding carboxylic acids is 1. The first-order valence-electron chi connectivity index (χ1n) is 7.27. The number of benzene rings is 1. The predicted molar refractivity (Wildman–Crippen MR) is 86.6 cm³/mol. The highest BCUT2D eigenvalue weighted by molar-refractivity contribution is 5.77. The SMILES string of the molecule is CCCN(CC(=O)N(C)C)Cc1ccc(C#CCN)cc1. The van der Waals surface area contributed by atoms with Crippen molar-refractivity contribution < 1.29 is 4.79 Å². The molecule has 0 saturated heterocycles. The Morgan fingerprint density at radius 1 is 1.24 bits per heavy atom. The van der Waals surface area contributed by atoms with Crippen molar-refractivity contribution >= 4 is 5.91 Å². The lowest BCUT2D eigenvalue weighted by Crippen LogP contribution is -2.36. The van der Waals surface area contributed by atoms with Gasteiger partial charge in [0.2, 0.25) is 5.91 Å². The van der Waals surface area contributed by atoms with Crippen LogP contribution in [0.3, 0.4) is 0 Å². The van der Waals surface area contributed by atoms with E-state index in [-0.39, 0.29) is 5.91 Å². The summed E-state index contributed by atoms with van der Waals surface area (Å²) in [6.45, 7) is 4.64. The molecule has 0 bridgehead atoms. The third kappa shape index (κ3) is 6.44. The Morgan fingerprint density at radius 3 is 2.43 bits per heavy atom. The third-order valence-corrected chi connectivity index (χ3v) is 3.09. The Kier molecular flexibility index (Phi) is 7.52. The van der Waals surface area contributed by atoms with Crippen molar-refractivity contribution in [2.75, 3.05) is 33.7 Å². The largest absolute Gasteiger partial charge is 0.348 e. The van der Waals surface area contributed by atoms with Crippen molar-refractivity contribution in [3.63, 3.8) is 0 Å². The van der Waals surface area contributed by atoms with Crippen LogP contribution in [0, 0.1) is 11.8 Å². The molecule has 0 saturated carbocycles. The number of hydrogen-bond donors (Lipinski definition) is 1. The van der Waals surface area contributed by atoms with Crippen LogP contribution in [-0.4, -0.2) is 49.4 Å². The van der Waals surface area contributed by atoms with E-state index in [2.05, 4.69) is 35.8 Å². The zero-order chi connectivity index (χ0) is 15.7. The van der Waals surface area contributed by atoms with Crippen LogP contribution >= 0.6 is 0 Å². The van der Waals surface area contributed by atoms with Crippen molar-refractivity contribution in [2.45, 2.75) is 19.9 Å². The highest BCUT2D eigenvalue weighted by Crippen LogP contribution is 2.08. The van der Waals surface area contributed by atoms with Crippen LogP contribution < -0.4 is 5.73 Å².